The number of hydrogen-bond donors (Lipinski definition) is 2. The Bertz CT molecular complexity index is 1040. The first kappa shape index (κ1) is 19.2. The lowest BCUT2D eigenvalue weighted by atomic mass is 10.0. The Kier molecular flexibility index (Phi) is 5.39. The Morgan fingerprint density at radius 3 is 2.70 bits per heavy atom. The number of fused-ring (bicyclic) bond motifs is 1. The van der Waals surface area contributed by atoms with Crippen molar-refractivity contribution in [2.24, 2.45) is 0 Å². The van der Waals surface area contributed by atoms with Gasteiger partial charge in [0.2, 0.25) is 0 Å². The molecule has 1 aliphatic carbocycles. The zero-order chi connectivity index (χ0) is 19.7. The third-order valence-electron chi connectivity index (χ3n) is 4.52. The van der Waals surface area contributed by atoms with Crippen LogP contribution in [0.25, 0.3) is 10.8 Å². The summed E-state index contributed by atoms with van der Waals surface area (Å²) in [5.41, 5.74) is 0.986. The maximum absolute atomic E-state index is 12.6. The first-order chi connectivity index (χ1) is 12.8. The molecule has 2 N–H and O–H groups in total. The van der Waals surface area contributed by atoms with E-state index >= 15 is 0 Å². The minimum Gasteiger partial charge on any atom is -0.328 e. The summed E-state index contributed by atoms with van der Waals surface area (Å²) in [7, 11) is 1.64. The van der Waals surface area contributed by atoms with Crippen molar-refractivity contribution in [1.82, 2.24) is 15.2 Å². The molecule has 0 spiro atoms. The molecule has 0 bridgehead atoms. The molecule has 1 aliphatic rings. The molecular formula is C19H17Cl2N3O3. The number of ketones is 1. The SMILES string of the molecule is CC(c1c[nH]c(=O)c2cc(Cl)ccc12)N(C)C(=O)NC1=C[C@@H](Cl)C(=O)C=C1. The van der Waals surface area contributed by atoms with Gasteiger partial charge in [0.25, 0.3) is 5.56 Å². The molecule has 0 saturated carbocycles. The molecule has 0 saturated heterocycles. The number of H-pyrrole nitrogens is 1. The van der Waals surface area contributed by atoms with E-state index in [1.54, 1.807) is 31.4 Å². The molecule has 2 atom stereocenters. The maximum Gasteiger partial charge on any atom is 0.322 e. The molecule has 6 nitrogen and oxygen atoms in total. The van der Waals surface area contributed by atoms with E-state index in [2.05, 4.69) is 10.3 Å². The number of rotatable bonds is 3. The molecule has 2 amide bonds. The van der Waals surface area contributed by atoms with Gasteiger partial charge in [-0.2, -0.15) is 0 Å². The Hall–Kier alpha value is -2.57. The summed E-state index contributed by atoms with van der Waals surface area (Å²) in [5.74, 6) is -0.227. The number of allylic oxidation sites excluding steroid dienone is 3. The van der Waals surface area contributed by atoms with E-state index in [1.807, 2.05) is 6.92 Å². The number of nitrogens with one attached hydrogen (secondary N) is 2. The smallest absolute Gasteiger partial charge is 0.322 e. The summed E-state index contributed by atoms with van der Waals surface area (Å²) < 4.78 is 0. The Morgan fingerprint density at radius 2 is 2.00 bits per heavy atom. The summed E-state index contributed by atoms with van der Waals surface area (Å²) in [6.07, 6.45) is 5.92. The van der Waals surface area contributed by atoms with Crippen LogP contribution in [0.2, 0.25) is 5.02 Å². The number of urea groups is 1. The maximum atomic E-state index is 12.6. The second-order valence-electron chi connectivity index (χ2n) is 6.24. The standard InChI is InChI=1S/C19H17Cl2N3O3/c1-10(15-9-22-18(26)14-7-11(20)3-5-13(14)15)24(2)19(27)23-12-4-6-17(25)16(21)8-12/h3-10,16H,1-2H3,(H,22,26)(H,23,27)/t10?,16-/m1/s1. The summed E-state index contributed by atoms with van der Waals surface area (Å²) in [6, 6.07) is 4.36. The van der Waals surface area contributed by atoms with Crippen molar-refractivity contribution < 1.29 is 9.59 Å². The molecule has 2 aromatic rings. The van der Waals surface area contributed by atoms with Gasteiger partial charge in [0.15, 0.2) is 5.78 Å². The lowest BCUT2D eigenvalue weighted by molar-refractivity contribution is -0.113. The van der Waals surface area contributed by atoms with Gasteiger partial charge in [0, 0.05) is 29.4 Å². The van der Waals surface area contributed by atoms with Crippen molar-refractivity contribution in [2.75, 3.05) is 7.05 Å². The number of amides is 2. The number of alkyl halides is 1. The third-order valence-corrected chi connectivity index (χ3v) is 5.10. The average molecular weight is 406 g/mol. The van der Waals surface area contributed by atoms with E-state index in [0.29, 0.717) is 16.1 Å². The number of carbonyl (C=O) groups is 2. The topological polar surface area (TPSA) is 82.3 Å². The summed E-state index contributed by atoms with van der Waals surface area (Å²) >= 11 is 11.9. The number of carbonyl (C=O) groups excluding carboxylic acids is 2. The molecule has 0 aliphatic heterocycles. The fraction of sp³-hybridized carbons (Fsp3) is 0.211. The molecule has 1 aromatic carbocycles. The Balaban J connectivity index is 1.85. The number of aromatic amines is 1. The van der Waals surface area contributed by atoms with Crippen molar-refractivity contribution in [3.05, 3.63) is 69.3 Å². The molecule has 1 aromatic heterocycles. The lowest BCUT2D eigenvalue weighted by Gasteiger charge is -2.27. The second-order valence-corrected chi connectivity index (χ2v) is 7.15. The Morgan fingerprint density at radius 1 is 1.26 bits per heavy atom. The van der Waals surface area contributed by atoms with Crippen LogP contribution in [0.3, 0.4) is 0 Å². The minimum absolute atomic E-state index is 0.227. The number of hydrogen-bond acceptors (Lipinski definition) is 3. The first-order valence-electron chi connectivity index (χ1n) is 8.20. The van der Waals surface area contributed by atoms with Crippen LogP contribution < -0.4 is 10.9 Å². The van der Waals surface area contributed by atoms with Crippen LogP contribution in [0, 0.1) is 0 Å². The van der Waals surface area contributed by atoms with E-state index in [-0.39, 0.29) is 23.4 Å². The van der Waals surface area contributed by atoms with Crippen LogP contribution in [-0.4, -0.2) is 34.1 Å². The predicted octanol–water partition coefficient (Wildman–Crippen LogP) is 3.51. The molecule has 1 heterocycles. The van der Waals surface area contributed by atoms with Crippen LogP contribution in [0.4, 0.5) is 4.79 Å². The van der Waals surface area contributed by atoms with Gasteiger partial charge in [-0.15, -0.1) is 11.6 Å². The summed E-state index contributed by atoms with van der Waals surface area (Å²) in [5, 5.41) is 3.57. The second kappa shape index (κ2) is 7.58. The zero-order valence-corrected chi connectivity index (χ0v) is 16.1. The van der Waals surface area contributed by atoms with Crippen LogP contribution >= 0.6 is 23.2 Å². The Labute approximate surface area is 165 Å². The molecule has 1 unspecified atom stereocenters. The number of aromatic nitrogens is 1. The van der Waals surface area contributed by atoms with E-state index in [9.17, 15) is 14.4 Å². The van der Waals surface area contributed by atoms with Crippen molar-refractivity contribution in [1.29, 1.82) is 0 Å². The minimum atomic E-state index is -0.791. The quantitative estimate of drug-likeness (QED) is 0.766. The van der Waals surface area contributed by atoms with Crippen LogP contribution in [0.1, 0.15) is 18.5 Å². The van der Waals surface area contributed by atoms with E-state index in [0.717, 1.165) is 10.9 Å². The first-order valence-corrected chi connectivity index (χ1v) is 9.02. The number of benzene rings is 1. The van der Waals surface area contributed by atoms with Crippen LogP contribution in [0.5, 0.6) is 0 Å². The van der Waals surface area contributed by atoms with E-state index in [1.165, 1.54) is 23.1 Å². The highest BCUT2D eigenvalue weighted by Gasteiger charge is 2.22. The highest BCUT2D eigenvalue weighted by Crippen LogP contribution is 2.27. The number of pyridine rings is 1. The highest BCUT2D eigenvalue weighted by atomic mass is 35.5. The number of halogens is 2. The molecule has 8 heteroatoms. The monoisotopic (exact) mass is 405 g/mol. The van der Waals surface area contributed by atoms with E-state index in [4.69, 9.17) is 23.2 Å². The highest BCUT2D eigenvalue weighted by molar-refractivity contribution is 6.34. The fourth-order valence-corrected chi connectivity index (χ4v) is 3.22. The van der Waals surface area contributed by atoms with Gasteiger partial charge in [-0.25, -0.2) is 4.79 Å². The third kappa shape index (κ3) is 3.91. The predicted molar refractivity (Wildman–Crippen MR) is 106 cm³/mol. The van der Waals surface area contributed by atoms with Gasteiger partial charge < -0.3 is 15.2 Å². The molecular weight excluding hydrogens is 389 g/mol. The van der Waals surface area contributed by atoms with Crippen molar-refractivity contribution >= 4 is 45.8 Å². The number of nitrogens with zero attached hydrogens (tertiary/aromatic N) is 1. The van der Waals surface area contributed by atoms with Gasteiger partial charge in [-0.3, -0.25) is 9.59 Å². The average Bonchev–Trinajstić information content (AvgIpc) is 2.64. The van der Waals surface area contributed by atoms with Crippen molar-refractivity contribution in [3.8, 4) is 0 Å². The molecule has 0 radical (unpaired) electrons. The van der Waals surface area contributed by atoms with Crippen molar-refractivity contribution in [3.63, 3.8) is 0 Å². The van der Waals surface area contributed by atoms with Gasteiger partial charge in [0.1, 0.15) is 5.38 Å². The normalized spacial score (nSPS) is 17.6. The van der Waals surface area contributed by atoms with E-state index < -0.39 is 5.38 Å². The molecule has 140 valence electrons. The van der Waals surface area contributed by atoms with Crippen molar-refractivity contribution in [2.45, 2.75) is 18.3 Å². The van der Waals surface area contributed by atoms with Crippen LogP contribution in [0.15, 0.2) is 53.1 Å². The molecule has 0 fully saturated rings. The molecule has 3 rings (SSSR count). The zero-order valence-electron chi connectivity index (χ0n) is 14.6. The van der Waals surface area contributed by atoms with Gasteiger partial charge in [-0.05, 0) is 48.2 Å². The summed E-state index contributed by atoms with van der Waals surface area (Å²) in [6.45, 7) is 1.85. The van der Waals surface area contributed by atoms with Crippen LogP contribution in [-0.2, 0) is 4.79 Å². The molecule has 27 heavy (non-hydrogen) atoms. The largest absolute Gasteiger partial charge is 0.328 e. The fourth-order valence-electron chi connectivity index (χ4n) is 2.84. The lowest BCUT2D eigenvalue weighted by Crippen LogP contribution is -2.39. The summed E-state index contributed by atoms with van der Waals surface area (Å²) in [4.78, 5) is 40.2. The van der Waals surface area contributed by atoms with Gasteiger partial charge in [-0.1, -0.05) is 17.7 Å². The van der Waals surface area contributed by atoms with Gasteiger partial charge in [0.05, 0.1) is 6.04 Å². The van der Waals surface area contributed by atoms with Gasteiger partial charge >= 0.3 is 6.03 Å².